The van der Waals surface area contributed by atoms with E-state index < -0.39 is 16.1 Å². The lowest BCUT2D eigenvalue weighted by Crippen LogP contribution is -2.43. The minimum Gasteiger partial charge on any atom is -0.492 e. The van der Waals surface area contributed by atoms with Crippen LogP contribution in [-0.2, 0) is 0 Å². The first-order chi connectivity index (χ1) is 37.7. The van der Waals surface area contributed by atoms with Crippen LogP contribution >= 0.6 is 0 Å². The number of hydrogen-bond donors (Lipinski definition) is 0. The third kappa shape index (κ3) is 30.8. The highest BCUT2D eigenvalue weighted by atomic mass is 28.3. The SMILES string of the molecule is CCCCCCCCCCOc1cc(C#Cc2cc(OCCCCCCCCCC)c(C#C[Si](C(C)C)(C(C)C)C(C)C)cc2OCCCCCCCCCC)c(OCCCCCCCCCC)cc1C#CC#C[Si](C)(C)C. The lowest BCUT2D eigenvalue weighted by atomic mass is 10.1. The summed E-state index contributed by atoms with van der Waals surface area (Å²) in [5.41, 5.74) is 12.3. The molecule has 0 aliphatic rings. The molecule has 438 valence electrons. The van der Waals surface area contributed by atoms with Crippen molar-refractivity contribution < 1.29 is 18.9 Å². The smallest absolute Gasteiger partial charge is 0.146 e. The number of benzene rings is 2. The Balaban J connectivity index is 2.82. The van der Waals surface area contributed by atoms with Crippen molar-refractivity contribution in [3.8, 4) is 69.6 Å². The summed E-state index contributed by atoms with van der Waals surface area (Å²) in [6, 6.07) is 8.42. The van der Waals surface area contributed by atoms with E-state index in [-0.39, 0.29) is 0 Å². The highest BCUT2D eigenvalue weighted by Gasteiger charge is 2.41. The highest BCUT2D eigenvalue weighted by Crippen LogP contribution is 2.41. The molecule has 78 heavy (non-hydrogen) atoms. The Hall–Kier alpha value is -3.69. The normalized spacial score (nSPS) is 11.4. The fraction of sp³-hybridized carbons (Fsp3) is 0.722. The summed E-state index contributed by atoms with van der Waals surface area (Å²) in [6.45, 7) is 32.8. The highest BCUT2D eigenvalue weighted by molar-refractivity contribution is 6.90. The van der Waals surface area contributed by atoms with Gasteiger partial charge in [-0.25, -0.2) is 0 Å². The first-order valence-electron chi connectivity index (χ1n) is 32.7. The Morgan fingerprint density at radius 2 is 0.551 bits per heavy atom. The summed E-state index contributed by atoms with van der Waals surface area (Å²) in [6.07, 6.45) is 39.8. The predicted octanol–water partition coefficient (Wildman–Crippen LogP) is 22.0. The molecule has 0 unspecified atom stereocenters. The van der Waals surface area contributed by atoms with Crippen molar-refractivity contribution in [2.75, 3.05) is 26.4 Å². The molecule has 6 heteroatoms. The number of rotatable bonds is 43. The van der Waals surface area contributed by atoms with Gasteiger partial charge in [-0.15, -0.1) is 11.1 Å². The average molecular weight is 1100 g/mol. The van der Waals surface area contributed by atoms with Crippen molar-refractivity contribution in [3.05, 3.63) is 46.5 Å². The summed E-state index contributed by atoms with van der Waals surface area (Å²) in [5.74, 6) is 23.9. The van der Waals surface area contributed by atoms with Crippen LogP contribution in [0.2, 0.25) is 36.3 Å². The van der Waals surface area contributed by atoms with Crippen molar-refractivity contribution in [2.24, 2.45) is 0 Å². The largest absolute Gasteiger partial charge is 0.492 e. The summed E-state index contributed by atoms with van der Waals surface area (Å²) in [7, 11) is -3.65. The van der Waals surface area contributed by atoms with E-state index in [0.717, 1.165) is 90.2 Å². The van der Waals surface area contributed by atoms with Crippen LogP contribution < -0.4 is 18.9 Å². The second-order valence-corrected chi connectivity index (χ2v) is 35.0. The van der Waals surface area contributed by atoms with Crippen LogP contribution in [0.15, 0.2) is 24.3 Å². The standard InChI is InChI=1S/C72H118O4Si2/c1-14-18-22-26-30-34-38-43-52-73-69-59-66(70(58-65(69)48-42-47-56-77(11,12)13)74-53-44-39-35-31-27-23-19-15-2)49-50-67-60-72(76-55-46-41-37-33-29-25-21-17-4)68(51-57-78(62(5)6,63(7)8)64(9)10)61-71(67)75-54-45-40-36-32-28-24-20-16-3/h58-64H,14-41,43-46,52-55H2,1-13H3. The van der Waals surface area contributed by atoms with E-state index in [0.29, 0.717) is 43.1 Å². The molecule has 0 aliphatic carbocycles. The number of hydrogen-bond acceptors (Lipinski definition) is 4. The lowest BCUT2D eigenvalue weighted by molar-refractivity contribution is 0.294. The van der Waals surface area contributed by atoms with Gasteiger partial charge in [-0.1, -0.05) is 286 Å². The van der Waals surface area contributed by atoms with Gasteiger partial charge in [0, 0.05) is 24.3 Å². The molecule has 0 atom stereocenters. The predicted molar refractivity (Wildman–Crippen MR) is 347 cm³/mol. The van der Waals surface area contributed by atoms with Gasteiger partial charge in [-0.2, -0.15) is 0 Å². The molecule has 0 fully saturated rings. The van der Waals surface area contributed by atoms with Crippen LogP contribution in [0.3, 0.4) is 0 Å². The molecule has 4 nitrogen and oxygen atoms in total. The van der Waals surface area contributed by atoms with Crippen LogP contribution in [0.5, 0.6) is 23.0 Å². The molecule has 2 aromatic carbocycles. The number of ether oxygens (including phenoxy) is 4. The van der Waals surface area contributed by atoms with Crippen LogP contribution in [0, 0.1) is 46.6 Å². The molecule has 0 spiro atoms. The minimum atomic E-state index is -2.05. The molecule has 0 bridgehead atoms. The monoisotopic (exact) mass is 1100 g/mol. The Bertz CT molecular complexity index is 2110. The van der Waals surface area contributed by atoms with Gasteiger partial charge in [0.2, 0.25) is 0 Å². The maximum absolute atomic E-state index is 6.84. The van der Waals surface area contributed by atoms with Crippen LogP contribution in [0.4, 0.5) is 0 Å². The molecule has 0 aromatic heterocycles. The van der Waals surface area contributed by atoms with E-state index in [1.54, 1.807) is 0 Å². The molecular weight excluding hydrogens is 985 g/mol. The van der Waals surface area contributed by atoms with Gasteiger partial charge < -0.3 is 18.9 Å². The average Bonchev–Trinajstić information content (AvgIpc) is 3.41. The van der Waals surface area contributed by atoms with Crippen LogP contribution in [-0.4, -0.2) is 42.6 Å². The van der Waals surface area contributed by atoms with Gasteiger partial charge in [0.15, 0.2) is 0 Å². The van der Waals surface area contributed by atoms with Crippen molar-refractivity contribution in [1.82, 2.24) is 0 Å². The maximum Gasteiger partial charge on any atom is 0.146 e. The van der Waals surface area contributed by atoms with Gasteiger partial charge in [0.1, 0.15) is 39.1 Å². The topological polar surface area (TPSA) is 36.9 Å². The first kappa shape index (κ1) is 70.4. The zero-order valence-electron chi connectivity index (χ0n) is 53.1. The van der Waals surface area contributed by atoms with E-state index in [9.17, 15) is 0 Å². The summed E-state index contributed by atoms with van der Waals surface area (Å²) in [5, 5.41) is 0. The molecular formula is C72H118O4Si2. The minimum absolute atomic E-state index is 0.520. The molecule has 0 radical (unpaired) electrons. The molecule has 0 saturated heterocycles. The first-order valence-corrected chi connectivity index (χ1v) is 38.4. The summed E-state index contributed by atoms with van der Waals surface area (Å²) >= 11 is 0. The van der Waals surface area contributed by atoms with E-state index in [2.05, 4.69) is 160 Å². The van der Waals surface area contributed by atoms with Crippen LogP contribution in [0.1, 0.15) is 297 Å². The van der Waals surface area contributed by atoms with E-state index in [4.69, 9.17) is 18.9 Å². The van der Waals surface area contributed by atoms with E-state index in [1.807, 2.05) is 0 Å². The van der Waals surface area contributed by atoms with E-state index >= 15 is 0 Å². The molecule has 0 saturated carbocycles. The Morgan fingerprint density at radius 3 is 0.808 bits per heavy atom. The molecule has 0 N–H and O–H groups in total. The summed E-state index contributed by atoms with van der Waals surface area (Å²) < 4.78 is 27.1. The quantitative estimate of drug-likeness (QED) is 0.0377. The lowest BCUT2D eigenvalue weighted by Gasteiger charge is -2.38. The fourth-order valence-electron chi connectivity index (χ4n) is 10.7. The van der Waals surface area contributed by atoms with Crippen molar-refractivity contribution >= 4 is 16.1 Å². The summed E-state index contributed by atoms with van der Waals surface area (Å²) in [4.78, 5) is 0. The van der Waals surface area contributed by atoms with Gasteiger partial charge in [0.05, 0.1) is 48.7 Å². The van der Waals surface area contributed by atoms with Crippen molar-refractivity contribution in [3.63, 3.8) is 0 Å². The zero-order chi connectivity index (χ0) is 57.1. The van der Waals surface area contributed by atoms with Gasteiger partial charge in [-0.05, 0) is 60.1 Å². The molecule has 0 aliphatic heterocycles. The van der Waals surface area contributed by atoms with Crippen LogP contribution in [0.25, 0.3) is 0 Å². The third-order valence-corrected chi connectivity index (χ3v) is 22.7. The fourth-order valence-corrected chi connectivity index (χ4v) is 16.4. The van der Waals surface area contributed by atoms with Gasteiger partial charge in [0.25, 0.3) is 0 Å². The Morgan fingerprint density at radius 1 is 0.308 bits per heavy atom. The molecule has 0 amide bonds. The van der Waals surface area contributed by atoms with Crippen molar-refractivity contribution in [1.29, 1.82) is 0 Å². The van der Waals surface area contributed by atoms with E-state index in [1.165, 1.54) is 161 Å². The second kappa shape index (κ2) is 44.0. The molecule has 0 heterocycles. The molecule has 2 rings (SSSR count). The zero-order valence-corrected chi connectivity index (χ0v) is 55.1. The number of unbranched alkanes of at least 4 members (excludes halogenated alkanes) is 28. The maximum atomic E-state index is 6.84. The Labute approximate surface area is 486 Å². The van der Waals surface area contributed by atoms with Gasteiger partial charge >= 0.3 is 0 Å². The van der Waals surface area contributed by atoms with Gasteiger partial charge in [-0.3, -0.25) is 0 Å². The third-order valence-electron chi connectivity index (χ3n) is 15.5. The second-order valence-electron chi connectivity index (χ2n) is 24.6. The van der Waals surface area contributed by atoms with Crippen molar-refractivity contribution in [2.45, 2.75) is 311 Å². The molecule has 2 aromatic rings. The Kier molecular flexibility index (Phi) is 39.7.